The highest BCUT2D eigenvalue weighted by Crippen LogP contribution is 2.33. The molecule has 2 aromatic carbocycles. The zero-order chi connectivity index (χ0) is 20.9. The zero-order valence-corrected chi connectivity index (χ0v) is 18.0. The van der Waals surface area contributed by atoms with Gasteiger partial charge in [0, 0.05) is 30.7 Å². The Morgan fingerprint density at radius 1 is 1.17 bits per heavy atom. The molecule has 0 radical (unpaired) electrons. The molecule has 29 heavy (non-hydrogen) atoms. The van der Waals surface area contributed by atoms with Crippen molar-refractivity contribution in [2.75, 3.05) is 19.8 Å². The van der Waals surface area contributed by atoms with E-state index in [1.54, 1.807) is 0 Å². The zero-order valence-electron chi connectivity index (χ0n) is 15.6. The average Bonchev–Trinajstić information content (AvgIpc) is 2.68. The molecule has 3 rings (SSSR count). The Bertz CT molecular complexity index is 903. The number of hydrogen-bond donors (Lipinski definition) is 2. The molecule has 1 saturated heterocycles. The third-order valence-electron chi connectivity index (χ3n) is 4.92. The predicted molar refractivity (Wildman–Crippen MR) is 112 cm³/mol. The van der Waals surface area contributed by atoms with Crippen LogP contribution in [0.3, 0.4) is 0 Å². The molecule has 8 heteroatoms. The van der Waals surface area contributed by atoms with E-state index in [0.29, 0.717) is 26.1 Å². The van der Waals surface area contributed by atoms with Crippen LogP contribution in [0, 0.1) is 5.82 Å². The monoisotopic (exact) mass is 482 g/mol. The SMILES string of the molecule is O=C(CCNC(=O)c1ccc(F)cc1Cl)NC1(c2cccc(Br)c2)CCOCC1. The molecule has 5 nitrogen and oxygen atoms in total. The van der Waals surface area contributed by atoms with Crippen molar-refractivity contribution in [3.8, 4) is 0 Å². The maximum absolute atomic E-state index is 13.1. The van der Waals surface area contributed by atoms with E-state index in [1.165, 1.54) is 12.1 Å². The van der Waals surface area contributed by atoms with E-state index in [-0.39, 0.29) is 29.5 Å². The standard InChI is InChI=1S/C21H21BrClFN2O3/c22-15-3-1-2-14(12-15)21(7-10-29-11-8-21)26-19(27)6-9-25-20(28)17-5-4-16(24)13-18(17)23/h1-5,12-13H,6-11H2,(H,25,28)(H,26,27). The molecular weight excluding hydrogens is 463 g/mol. The van der Waals surface area contributed by atoms with Crippen LogP contribution in [0.2, 0.25) is 5.02 Å². The topological polar surface area (TPSA) is 67.4 Å². The van der Waals surface area contributed by atoms with Crippen LogP contribution >= 0.6 is 27.5 Å². The summed E-state index contributed by atoms with van der Waals surface area (Å²) in [4.78, 5) is 24.8. The third-order valence-corrected chi connectivity index (χ3v) is 5.72. The van der Waals surface area contributed by atoms with E-state index >= 15 is 0 Å². The Labute approximate surface area is 182 Å². The van der Waals surface area contributed by atoms with E-state index in [4.69, 9.17) is 16.3 Å². The van der Waals surface area contributed by atoms with Gasteiger partial charge in [0.15, 0.2) is 0 Å². The smallest absolute Gasteiger partial charge is 0.252 e. The lowest BCUT2D eigenvalue weighted by molar-refractivity contribution is -0.124. The van der Waals surface area contributed by atoms with Crippen LogP contribution < -0.4 is 10.6 Å². The summed E-state index contributed by atoms with van der Waals surface area (Å²) >= 11 is 9.38. The van der Waals surface area contributed by atoms with E-state index in [0.717, 1.165) is 16.1 Å². The number of carbonyl (C=O) groups is 2. The van der Waals surface area contributed by atoms with Crippen LogP contribution in [-0.4, -0.2) is 31.6 Å². The molecule has 2 aromatic rings. The Kier molecular flexibility index (Phi) is 7.27. The summed E-state index contributed by atoms with van der Waals surface area (Å²) in [5, 5.41) is 5.82. The normalized spacial score (nSPS) is 15.6. The van der Waals surface area contributed by atoms with E-state index < -0.39 is 17.3 Å². The lowest BCUT2D eigenvalue weighted by Gasteiger charge is -2.38. The first kappa shape index (κ1) is 21.7. The average molecular weight is 484 g/mol. The quantitative estimate of drug-likeness (QED) is 0.648. The fourth-order valence-electron chi connectivity index (χ4n) is 3.38. The summed E-state index contributed by atoms with van der Waals surface area (Å²) in [7, 11) is 0. The Balaban J connectivity index is 1.60. The molecule has 0 aromatic heterocycles. The molecule has 1 aliphatic rings. The number of ether oxygens (including phenoxy) is 1. The molecule has 1 heterocycles. The van der Waals surface area contributed by atoms with Gasteiger partial charge in [0.25, 0.3) is 5.91 Å². The van der Waals surface area contributed by atoms with Crippen LogP contribution in [-0.2, 0) is 15.1 Å². The van der Waals surface area contributed by atoms with Crippen LogP contribution in [0.15, 0.2) is 46.9 Å². The van der Waals surface area contributed by atoms with E-state index in [1.807, 2.05) is 24.3 Å². The van der Waals surface area contributed by atoms with Crippen molar-refractivity contribution in [1.82, 2.24) is 10.6 Å². The number of carbonyl (C=O) groups excluding carboxylic acids is 2. The first-order chi connectivity index (χ1) is 13.9. The van der Waals surface area contributed by atoms with Gasteiger partial charge in [-0.15, -0.1) is 0 Å². The summed E-state index contributed by atoms with van der Waals surface area (Å²) < 4.78 is 19.5. The Morgan fingerprint density at radius 2 is 1.93 bits per heavy atom. The molecule has 1 fully saturated rings. The van der Waals surface area contributed by atoms with Crippen molar-refractivity contribution in [2.24, 2.45) is 0 Å². The maximum atomic E-state index is 13.1. The van der Waals surface area contributed by atoms with Crippen molar-refractivity contribution >= 4 is 39.3 Å². The van der Waals surface area contributed by atoms with Crippen LogP contribution in [0.25, 0.3) is 0 Å². The van der Waals surface area contributed by atoms with Crippen molar-refractivity contribution in [1.29, 1.82) is 0 Å². The second-order valence-electron chi connectivity index (χ2n) is 6.88. The second kappa shape index (κ2) is 9.69. The van der Waals surface area contributed by atoms with Gasteiger partial charge in [-0.2, -0.15) is 0 Å². The predicted octanol–water partition coefficient (Wildman–Crippen LogP) is 4.18. The highest BCUT2D eigenvalue weighted by Gasteiger charge is 2.35. The fourth-order valence-corrected chi connectivity index (χ4v) is 4.03. The summed E-state index contributed by atoms with van der Waals surface area (Å²) in [6.07, 6.45) is 1.46. The van der Waals surface area contributed by atoms with Gasteiger partial charge in [-0.1, -0.05) is 39.7 Å². The van der Waals surface area contributed by atoms with Gasteiger partial charge >= 0.3 is 0 Å². The molecule has 2 amide bonds. The van der Waals surface area contributed by atoms with Gasteiger partial charge in [0.1, 0.15) is 5.82 Å². The molecule has 0 spiro atoms. The Hall–Kier alpha value is -1.96. The first-order valence-electron chi connectivity index (χ1n) is 9.28. The minimum atomic E-state index is -0.514. The van der Waals surface area contributed by atoms with Gasteiger partial charge in [0.05, 0.1) is 16.1 Å². The molecule has 0 saturated carbocycles. The number of benzene rings is 2. The molecule has 0 atom stereocenters. The highest BCUT2D eigenvalue weighted by atomic mass is 79.9. The molecule has 154 valence electrons. The van der Waals surface area contributed by atoms with E-state index in [2.05, 4.69) is 26.6 Å². The van der Waals surface area contributed by atoms with Gasteiger partial charge in [-0.3, -0.25) is 9.59 Å². The first-order valence-corrected chi connectivity index (χ1v) is 10.4. The van der Waals surface area contributed by atoms with Crippen molar-refractivity contribution in [2.45, 2.75) is 24.8 Å². The summed E-state index contributed by atoms with van der Waals surface area (Å²) in [5.41, 5.74) is 0.692. The minimum absolute atomic E-state index is 0.0303. The number of amides is 2. The third kappa shape index (κ3) is 5.56. The van der Waals surface area contributed by atoms with Gasteiger partial charge in [-0.05, 0) is 48.7 Å². The van der Waals surface area contributed by atoms with Crippen LogP contribution in [0.1, 0.15) is 35.2 Å². The molecule has 0 bridgehead atoms. The van der Waals surface area contributed by atoms with Crippen LogP contribution in [0.5, 0.6) is 0 Å². The van der Waals surface area contributed by atoms with Crippen molar-refractivity contribution in [3.05, 3.63) is 68.9 Å². The molecule has 0 aliphatic carbocycles. The van der Waals surface area contributed by atoms with Crippen LogP contribution in [0.4, 0.5) is 4.39 Å². The second-order valence-corrected chi connectivity index (χ2v) is 8.21. The molecular formula is C21H21BrClFN2O3. The fraction of sp³-hybridized carbons (Fsp3) is 0.333. The lowest BCUT2D eigenvalue weighted by Crippen LogP contribution is -2.50. The van der Waals surface area contributed by atoms with E-state index in [9.17, 15) is 14.0 Å². The lowest BCUT2D eigenvalue weighted by atomic mass is 9.82. The highest BCUT2D eigenvalue weighted by molar-refractivity contribution is 9.10. The van der Waals surface area contributed by atoms with Gasteiger partial charge < -0.3 is 15.4 Å². The molecule has 2 N–H and O–H groups in total. The van der Waals surface area contributed by atoms with Gasteiger partial charge in [-0.25, -0.2) is 4.39 Å². The van der Waals surface area contributed by atoms with Gasteiger partial charge in [0.2, 0.25) is 5.91 Å². The number of hydrogen-bond acceptors (Lipinski definition) is 3. The Morgan fingerprint density at radius 3 is 2.62 bits per heavy atom. The number of nitrogens with one attached hydrogen (secondary N) is 2. The minimum Gasteiger partial charge on any atom is -0.381 e. The largest absolute Gasteiger partial charge is 0.381 e. The summed E-state index contributed by atoms with van der Waals surface area (Å²) in [6.45, 7) is 1.27. The summed E-state index contributed by atoms with van der Waals surface area (Å²) in [6, 6.07) is 11.4. The van der Waals surface area contributed by atoms with Crippen molar-refractivity contribution < 1.29 is 18.7 Å². The maximum Gasteiger partial charge on any atom is 0.252 e. The number of rotatable bonds is 6. The van der Waals surface area contributed by atoms with Crippen molar-refractivity contribution in [3.63, 3.8) is 0 Å². The molecule has 1 aliphatic heterocycles. The number of halogens is 3. The molecule has 0 unspecified atom stereocenters. The summed E-state index contributed by atoms with van der Waals surface area (Å²) in [5.74, 6) is -1.13.